The Morgan fingerprint density at radius 1 is 1.17 bits per heavy atom. The lowest BCUT2D eigenvalue weighted by molar-refractivity contribution is -0.132. The Bertz CT molecular complexity index is 594. The van der Waals surface area contributed by atoms with Crippen molar-refractivity contribution in [2.45, 2.75) is 19.3 Å². The van der Waals surface area contributed by atoms with Crippen molar-refractivity contribution in [1.82, 2.24) is 15.1 Å². The Kier molecular flexibility index (Phi) is 5.45. The highest BCUT2D eigenvalue weighted by Crippen LogP contribution is 2.16. The Hall–Kier alpha value is -1.95. The zero-order chi connectivity index (χ0) is 16.9. The summed E-state index contributed by atoms with van der Waals surface area (Å²) in [5.41, 5.74) is 0.364. The van der Waals surface area contributed by atoms with Gasteiger partial charge in [0.05, 0.1) is 0 Å². The van der Waals surface area contributed by atoms with Gasteiger partial charge in [0.1, 0.15) is 5.82 Å². The predicted molar refractivity (Wildman–Crippen MR) is 89.1 cm³/mol. The first-order valence-electron chi connectivity index (χ1n) is 8.67. The molecule has 0 spiro atoms. The van der Waals surface area contributed by atoms with Crippen molar-refractivity contribution in [2.75, 3.05) is 39.3 Å². The van der Waals surface area contributed by atoms with E-state index in [1.54, 1.807) is 17.0 Å². The van der Waals surface area contributed by atoms with Crippen LogP contribution in [0.2, 0.25) is 0 Å². The molecule has 3 rings (SSSR count). The Balaban J connectivity index is 1.46. The van der Waals surface area contributed by atoms with Crippen LogP contribution in [0.3, 0.4) is 0 Å². The molecule has 6 heteroatoms. The van der Waals surface area contributed by atoms with Gasteiger partial charge in [-0.25, -0.2) is 4.39 Å². The molecule has 24 heavy (non-hydrogen) atoms. The molecule has 0 saturated carbocycles. The SMILES string of the molecule is O=C(CCC1CCNC1)N1CCN(C(=O)c2cccc(F)c2)CC1. The molecule has 2 saturated heterocycles. The van der Waals surface area contributed by atoms with Crippen LogP contribution < -0.4 is 5.32 Å². The van der Waals surface area contributed by atoms with E-state index in [-0.39, 0.29) is 11.8 Å². The molecule has 0 bridgehead atoms. The fourth-order valence-corrected chi connectivity index (χ4v) is 3.41. The lowest BCUT2D eigenvalue weighted by Gasteiger charge is -2.35. The molecule has 0 aromatic heterocycles. The maximum atomic E-state index is 13.2. The monoisotopic (exact) mass is 333 g/mol. The van der Waals surface area contributed by atoms with E-state index in [0.717, 1.165) is 25.9 Å². The minimum atomic E-state index is -0.406. The third-order valence-corrected chi connectivity index (χ3v) is 4.92. The van der Waals surface area contributed by atoms with Gasteiger partial charge in [-0.3, -0.25) is 9.59 Å². The normalized spacial score (nSPS) is 21.1. The summed E-state index contributed by atoms with van der Waals surface area (Å²) in [6, 6.07) is 5.75. The number of hydrogen-bond acceptors (Lipinski definition) is 3. The Labute approximate surface area is 141 Å². The van der Waals surface area contributed by atoms with Crippen LogP contribution in [-0.2, 0) is 4.79 Å². The van der Waals surface area contributed by atoms with Crippen molar-refractivity contribution in [3.05, 3.63) is 35.6 Å². The first kappa shape index (κ1) is 16.9. The summed E-state index contributed by atoms with van der Waals surface area (Å²) in [5, 5.41) is 3.32. The van der Waals surface area contributed by atoms with Crippen LogP contribution in [-0.4, -0.2) is 60.9 Å². The van der Waals surface area contributed by atoms with Gasteiger partial charge in [-0.2, -0.15) is 0 Å². The average Bonchev–Trinajstić information content (AvgIpc) is 3.13. The summed E-state index contributed by atoms with van der Waals surface area (Å²) >= 11 is 0. The highest BCUT2D eigenvalue weighted by Gasteiger charge is 2.25. The minimum Gasteiger partial charge on any atom is -0.339 e. The molecule has 2 aliphatic heterocycles. The second kappa shape index (κ2) is 7.75. The van der Waals surface area contributed by atoms with Gasteiger partial charge in [0, 0.05) is 38.2 Å². The molecule has 2 heterocycles. The first-order chi connectivity index (χ1) is 11.6. The molecule has 1 N–H and O–H groups in total. The van der Waals surface area contributed by atoms with E-state index in [1.165, 1.54) is 12.1 Å². The van der Waals surface area contributed by atoms with Crippen LogP contribution in [0.4, 0.5) is 4.39 Å². The second-order valence-electron chi connectivity index (χ2n) is 6.58. The van der Waals surface area contributed by atoms with E-state index in [1.807, 2.05) is 4.90 Å². The highest BCUT2D eigenvalue weighted by atomic mass is 19.1. The minimum absolute atomic E-state index is 0.168. The number of hydrogen-bond donors (Lipinski definition) is 1. The number of carbonyl (C=O) groups is 2. The molecule has 1 unspecified atom stereocenters. The van der Waals surface area contributed by atoms with Crippen LogP contribution in [0, 0.1) is 11.7 Å². The van der Waals surface area contributed by atoms with Crippen molar-refractivity contribution in [3.63, 3.8) is 0 Å². The predicted octanol–water partition coefficient (Wildman–Crippen LogP) is 1.50. The lowest BCUT2D eigenvalue weighted by Crippen LogP contribution is -2.50. The molecule has 2 fully saturated rings. The van der Waals surface area contributed by atoms with Crippen molar-refractivity contribution < 1.29 is 14.0 Å². The summed E-state index contributed by atoms with van der Waals surface area (Å²) in [7, 11) is 0. The summed E-state index contributed by atoms with van der Waals surface area (Å²) in [5.74, 6) is 0.222. The third-order valence-electron chi connectivity index (χ3n) is 4.92. The van der Waals surface area contributed by atoms with Crippen LogP contribution >= 0.6 is 0 Å². The molecule has 0 aliphatic carbocycles. The number of amides is 2. The third kappa shape index (κ3) is 4.12. The van der Waals surface area contributed by atoms with Gasteiger partial charge in [0.15, 0.2) is 0 Å². The van der Waals surface area contributed by atoms with Crippen LogP contribution in [0.1, 0.15) is 29.6 Å². The summed E-state index contributed by atoms with van der Waals surface area (Å²) < 4.78 is 13.2. The van der Waals surface area contributed by atoms with Crippen molar-refractivity contribution in [2.24, 2.45) is 5.92 Å². The topological polar surface area (TPSA) is 52.7 Å². The van der Waals surface area contributed by atoms with E-state index < -0.39 is 5.82 Å². The van der Waals surface area contributed by atoms with Crippen molar-refractivity contribution >= 4 is 11.8 Å². The van der Waals surface area contributed by atoms with Gasteiger partial charge < -0.3 is 15.1 Å². The van der Waals surface area contributed by atoms with Gasteiger partial charge in [-0.05, 0) is 50.0 Å². The lowest BCUT2D eigenvalue weighted by atomic mass is 10.0. The van der Waals surface area contributed by atoms with Crippen molar-refractivity contribution in [1.29, 1.82) is 0 Å². The quantitative estimate of drug-likeness (QED) is 0.908. The van der Waals surface area contributed by atoms with Gasteiger partial charge >= 0.3 is 0 Å². The highest BCUT2D eigenvalue weighted by molar-refractivity contribution is 5.94. The van der Waals surface area contributed by atoms with E-state index >= 15 is 0 Å². The molecular weight excluding hydrogens is 309 g/mol. The van der Waals surface area contributed by atoms with Crippen molar-refractivity contribution in [3.8, 4) is 0 Å². The number of piperazine rings is 1. The fraction of sp³-hybridized carbons (Fsp3) is 0.556. The van der Waals surface area contributed by atoms with Crippen LogP contribution in [0.15, 0.2) is 24.3 Å². The molecule has 5 nitrogen and oxygen atoms in total. The molecular formula is C18H24FN3O2. The van der Waals surface area contributed by atoms with E-state index in [2.05, 4.69) is 5.32 Å². The molecule has 1 aromatic carbocycles. The zero-order valence-corrected chi connectivity index (χ0v) is 13.8. The largest absolute Gasteiger partial charge is 0.339 e. The Morgan fingerprint density at radius 2 is 1.92 bits per heavy atom. The van der Waals surface area contributed by atoms with E-state index in [9.17, 15) is 14.0 Å². The number of halogens is 1. The van der Waals surface area contributed by atoms with E-state index in [4.69, 9.17) is 0 Å². The fourth-order valence-electron chi connectivity index (χ4n) is 3.41. The molecule has 2 aliphatic rings. The summed E-state index contributed by atoms with van der Waals surface area (Å²) in [4.78, 5) is 28.2. The number of benzene rings is 1. The van der Waals surface area contributed by atoms with Gasteiger partial charge in [0.2, 0.25) is 5.91 Å². The number of rotatable bonds is 4. The second-order valence-corrected chi connectivity index (χ2v) is 6.58. The standard InChI is InChI=1S/C18H24FN3O2/c19-16-3-1-2-15(12-16)18(24)22-10-8-21(9-11-22)17(23)5-4-14-6-7-20-13-14/h1-3,12,14,20H,4-11,13H2. The molecule has 1 aromatic rings. The maximum absolute atomic E-state index is 13.2. The van der Waals surface area contributed by atoms with E-state index in [0.29, 0.717) is 44.1 Å². The van der Waals surface area contributed by atoms with Gasteiger partial charge in [-0.15, -0.1) is 0 Å². The van der Waals surface area contributed by atoms with Crippen LogP contribution in [0.25, 0.3) is 0 Å². The number of nitrogens with zero attached hydrogens (tertiary/aromatic N) is 2. The molecule has 2 amide bonds. The average molecular weight is 333 g/mol. The Morgan fingerprint density at radius 3 is 2.58 bits per heavy atom. The first-order valence-corrected chi connectivity index (χ1v) is 8.67. The zero-order valence-electron chi connectivity index (χ0n) is 13.8. The molecule has 0 radical (unpaired) electrons. The number of nitrogens with one attached hydrogen (secondary N) is 1. The summed E-state index contributed by atoms with van der Waals surface area (Å²) in [6.07, 6.45) is 2.68. The maximum Gasteiger partial charge on any atom is 0.254 e. The van der Waals surface area contributed by atoms with Gasteiger partial charge in [-0.1, -0.05) is 6.07 Å². The summed E-state index contributed by atoms with van der Waals surface area (Å²) in [6.45, 7) is 4.20. The van der Waals surface area contributed by atoms with Crippen LogP contribution in [0.5, 0.6) is 0 Å². The smallest absolute Gasteiger partial charge is 0.254 e. The number of carbonyl (C=O) groups excluding carboxylic acids is 2. The molecule has 1 atom stereocenters. The molecule has 130 valence electrons. The van der Waals surface area contributed by atoms with Gasteiger partial charge in [0.25, 0.3) is 5.91 Å².